The molecule has 0 saturated carbocycles. The number of piperazine rings is 1. The van der Waals surface area contributed by atoms with Crippen LogP contribution >= 0.6 is 0 Å². The minimum Gasteiger partial charge on any atom is -0.495 e. The second-order valence-corrected chi connectivity index (χ2v) is 9.38. The number of hydrogen-bond acceptors (Lipinski definition) is 5. The van der Waals surface area contributed by atoms with E-state index in [9.17, 15) is 13.2 Å². The molecule has 1 atom stereocenters. The van der Waals surface area contributed by atoms with E-state index in [4.69, 9.17) is 4.74 Å². The fourth-order valence-corrected chi connectivity index (χ4v) is 5.53. The van der Waals surface area contributed by atoms with Gasteiger partial charge in [-0.25, -0.2) is 8.42 Å². The molecule has 2 aliphatic heterocycles. The van der Waals surface area contributed by atoms with Crippen molar-refractivity contribution in [3.05, 3.63) is 24.3 Å². The lowest BCUT2D eigenvalue weighted by Crippen LogP contribution is -3.16. The molecule has 2 aliphatic rings. The number of hydrogen-bond donors (Lipinski definition) is 1. The fraction of sp³-hybridized carbons (Fsp3) is 0.611. The first-order chi connectivity index (χ1) is 12.4. The highest BCUT2D eigenvalue weighted by Crippen LogP contribution is 2.27. The van der Waals surface area contributed by atoms with E-state index in [0.717, 1.165) is 37.6 Å². The van der Waals surface area contributed by atoms with Gasteiger partial charge in [0.25, 0.3) is 5.91 Å². The van der Waals surface area contributed by atoms with E-state index in [1.54, 1.807) is 19.1 Å². The topological polar surface area (TPSA) is 71.4 Å². The van der Waals surface area contributed by atoms with Gasteiger partial charge >= 0.3 is 0 Å². The van der Waals surface area contributed by atoms with Crippen LogP contribution in [0.2, 0.25) is 0 Å². The molecule has 1 aromatic carbocycles. The summed E-state index contributed by atoms with van der Waals surface area (Å²) < 4.78 is 28.7. The summed E-state index contributed by atoms with van der Waals surface area (Å²) >= 11 is 0. The second kappa shape index (κ2) is 7.84. The number of carbonyl (C=O) groups is 1. The van der Waals surface area contributed by atoms with Gasteiger partial charge in [-0.05, 0) is 18.6 Å². The third kappa shape index (κ3) is 4.29. The van der Waals surface area contributed by atoms with Crippen molar-refractivity contribution in [3.8, 4) is 5.75 Å². The summed E-state index contributed by atoms with van der Waals surface area (Å²) in [6, 6.07) is 7.82. The summed E-state index contributed by atoms with van der Waals surface area (Å²) in [5.41, 5.74) is 1.09. The average Bonchev–Trinajstić information content (AvgIpc) is 3.01. The Bertz CT molecular complexity index is 745. The molecule has 7 nitrogen and oxygen atoms in total. The van der Waals surface area contributed by atoms with Gasteiger partial charge in [-0.15, -0.1) is 0 Å². The van der Waals surface area contributed by atoms with Crippen LogP contribution in [0.1, 0.15) is 6.42 Å². The Balaban J connectivity index is 1.51. The number of sulfone groups is 1. The van der Waals surface area contributed by atoms with Gasteiger partial charge < -0.3 is 19.4 Å². The zero-order valence-corrected chi connectivity index (χ0v) is 16.3. The third-order valence-corrected chi connectivity index (χ3v) is 7.20. The lowest BCUT2D eigenvalue weighted by molar-refractivity contribution is -0.892. The van der Waals surface area contributed by atoms with Gasteiger partial charge in [-0.3, -0.25) is 4.79 Å². The molecule has 3 rings (SSSR count). The highest BCUT2D eigenvalue weighted by molar-refractivity contribution is 7.91. The van der Waals surface area contributed by atoms with Crippen LogP contribution in [0.15, 0.2) is 24.3 Å². The number of rotatable bonds is 5. The Morgan fingerprint density at radius 1 is 1.31 bits per heavy atom. The first-order valence-corrected chi connectivity index (χ1v) is 10.9. The highest BCUT2D eigenvalue weighted by atomic mass is 32.2. The van der Waals surface area contributed by atoms with E-state index in [1.165, 1.54) is 4.90 Å². The standard InChI is InChI=1S/C18H27N3O4S/c1-19(15-7-12-26(23,24)14-15)18(22)13-20-8-10-21(11-9-20)16-5-3-4-6-17(16)25-2/h3-6,15H,7-14H2,1-2H3/p+1/t15-/m1/s1. The smallest absolute Gasteiger partial charge is 0.277 e. The number of carbonyl (C=O) groups excluding carboxylic acids is 1. The number of methoxy groups -OCH3 is 1. The molecular formula is C18H28N3O4S+. The number of ether oxygens (including phenoxy) is 1. The fourth-order valence-electron chi connectivity index (χ4n) is 3.75. The summed E-state index contributed by atoms with van der Waals surface area (Å²) in [6.07, 6.45) is 0.557. The summed E-state index contributed by atoms with van der Waals surface area (Å²) in [5.74, 6) is 1.20. The van der Waals surface area contributed by atoms with Gasteiger partial charge in [0.2, 0.25) is 0 Å². The maximum atomic E-state index is 12.5. The van der Waals surface area contributed by atoms with E-state index in [1.807, 2.05) is 18.2 Å². The largest absolute Gasteiger partial charge is 0.495 e. The average molecular weight is 383 g/mol. The number of nitrogens with zero attached hydrogens (tertiary/aromatic N) is 2. The third-order valence-electron chi connectivity index (χ3n) is 5.45. The number of anilines is 1. The molecule has 0 bridgehead atoms. The molecule has 144 valence electrons. The summed E-state index contributed by atoms with van der Waals surface area (Å²) in [6.45, 7) is 3.91. The van der Waals surface area contributed by atoms with E-state index in [2.05, 4.69) is 11.0 Å². The van der Waals surface area contributed by atoms with Crippen LogP contribution in [0.5, 0.6) is 5.75 Å². The zero-order valence-electron chi connectivity index (χ0n) is 15.5. The highest BCUT2D eigenvalue weighted by Gasteiger charge is 2.34. The lowest BCUT2D eigenvalue weighted by atomic mass is 10.2. The molecule has 1 amide bonds. The molecule has 0 unspecified atom stereocenters. The van der Waals surface area contributed by atoms with Crippen LogP contribution in [-0.2, 0) is 14.6 Å². The minimum atomic E-state index is -2.97. The molecule has 0 spiro atoms. The van der Waals surface area contributed by atoms with Gasteiger partial charge in [-0.2, -0.15) is 0 Å². The molecule has 2 heterocycles. The monoisotopic (exact) mass is 382 g/mol. The van der Waals surface area contributed by atoms with Gasteiger partial charge in [0.1, 0.15) is 5.75 Å². The predicted molar refractivity (Wildman–Crippen MR) is 101 cm³/mol. The van der Waals surface area contributed by atoms with Crippen molar-refractivity contribution < 1.29 is 22.8 Å². The molecule has 0 aromatic heterocycles. The Labute approximate surface area is 155 Å². The lowest BCUT2D eigenvalue weighted by Gasteiger charge is -2.35. The van der Waals surface area contributed by atoms with Crippen molar-refractivity contribution in [2.75, 3.05) is 63.3 Å². The molecule has 1 aromatic rings. The minimum absolute atomic E-state index is 0.0350. The number of amides is 1. The van der Waals surface area contributed by atoms with Gasteiger partial charge in [0, 0.05) is 13.1 Å². The first kappa shape index (κ1) is 19.0. The number of para-hydroxylation sites is 2. The second-order valence-electron chi connectivity index (χ2n) is 7.15. The Morgan fingerprint density at radius 3 is 2.62 bits per heavy atom. The van der Waals surface area contributed by atoms with Gasteiger partial charge in [-0.1, -0.05) is 12.1 Å². The van der Waals surface area contributed by atoms with Crippen LogP contribution < -0.4 is 14.5 Å². The zero-order chi connectivity index (χ0) is 18.7. The quantitative estimate of drug-likeness (QED) is 0.711. The van der Waals surface area contributed by atoms with E-state index in [0.29, 0.717) is 13.0 Å². The Morgan fingerprint density at radius 2 is 2.00 bits per heavy atom. The maximum Gasteiger partial charge on any atom is 0.277 e. The van der Waals surface area contributed by atoms with Crippen molar-refractivity contribution in [1.82, 2.24) is 4.90 Å². The molecule has 1 N–H and O–H groups in total. The first-order valence-electron chi connectivity index (χ1n) is 9.07. The van der Waals surface area contributed by atoms with Crippen molar-refractivity contribution >= 4 is 21.4 Å². The van der Waals surface area contributed by atoms with Gasteiger partial charge in [0.15, 0.2) is 16.4 Å². The summed E-state index contributed by atoms with van der Waals surface area (Å²) in [4.78, 5) is 17.7. The Kier molecular flexibility index (Phi) is 5.72. The van der Waals surface area contributed by atoms with Crippen molar-refractivity contribution in [2.45, 2.75) is 12.5 Å². The molecule has 2 fully saturated rings. The number of nitrogens with one attached hydrogen (secondary N) is 1. The molecule has 2 saturated heterocycles. The van der Waals surface area contributed by atoms with Crippen molar-refractivity contribution in [3.63, 3.8) is 0 Å². The molecule has 0 radical (unpaired) electrons. The number of quaternary nitrogens is 1. The maximum absolute atomic E-state index is 12.5. The Hall–Kier alpha value is -1.80. The normalized spacial score (nSPS) is 23.0. The van der Waals surface area contributed by atoms with E-state index in [-0.39, 0.29) is 23.5 Å². The van der Waals surface area contributed by atoms with Crippen molar-refractivity contribution in [1.29, 1.82) is 0 Å². The van der Waals surface area contributed by atoms with Crippen LogP contribution in [0, 0.1) is 0 Å². The number of benzene rings is 1. The van der Waals surface area contributed by atoms with Crippen LogP contribution in [-0.4, -0.2) is 83.7 Å². The summed E-state index contributed by atoms with van der Waals surface area (Å²) in [7, 11) is 0.442. The van der Waals surface area contributed by atoms with Gasteiger partial charge in [0.05, 0.1) is 50.5 Å². The summed E-state index contributed by atoms with van der Waals surface area (Å²) in [5, 5.41) is 0. The SMILES string of the molecule is COc1ccccc1N1CC[NH+](CC(=O)N(C)[C@@H]2CCS(=O)(=O)C2)CC1. The molecule has 26 heavy (non-hydrogen) atoms. The molecular weight excluding hydrogens is 354 g/mol. The van der Waals surface area contributed by atoms with E-state index < -0.39 is 9.84 Å². The molecule has 8 heteroatoms. The predicted octanol–water partition coefficient (Wildman–Crippen LogP) is -0.954. The van der Waals surface area contributed by atoms with Crippen LogP contribution in [0.25, 0.3) is 0 Å². The molecule has 0 aliphatic carbocycles. The van der Waals surface area contributed by atoms with E-state index >= 15 is 0 Å². The number of likely N-dealkylation sites (N-methyl/N-ethyl adjacent to an activating group) is 1. The van der Waals surface area contributed by atoms with Crippen molar-refractivity contribution in [2.24, 2.45) is 0 Å². The van der Waals surface area contributed by atoms with Crippen LogP contribution in [0.4, 0.5) is 5.69 Å². The van der Waals surface area contributed by atoms with Crippen LogP contribution in [0.3, 0.4) is 0 Å².